The van der Waals surface area contributed by atoms with Gasteiger partial charge in [-0.25, -0.2) is 9.59 Å². The van der Waals surface area contributed by atoms with E-state index in [2.05, 4.69) is 0 Å². The molecule has 1 saturated heterocycles. The Morgan fingerprint density at radius 2 is 1.62 bits per heavy atom. The van der Waals surface area contributed by atoms with Gasteiger partial charge in [0.2, 0.25) is 6.29 Å². The Bertz CT molecular complexity index is 639. The first kappa shape index (κ1) is 20.3. The largest absolute Gasteiger partial charge is 0.479 e. The van der Waals surface area contributed by atoms with Gasteiger partial charge in [-0.1, -0.05) is 19.9 Å². The third-order valence-corrected chi connectivity index (χ3v) is 4.98. The first-order chi connectivity index (χ1) is 11.9. The number of ether oxygens (including phenoxy) is 2. The maximum absolute atomic E-state index is 12.4. The number of rotatable bonds is 5. The second-order valence-corrected chi connectivity index (χ2v) is 7.15. The number of carbonyl (C=O) groups is 3. The van der Waals surface area contributed by atoms with Crippen LogP contribution < -0.4 is 0 Å². The van der Waals surface area contributed by atoms with Crippen molar-refractivity contribution in [3.05, 3.63) is 11.6 Å². The number of hydrogen-bond acceptors (Lipinski definition) is 8. The Balaban J connectivity index is 2.10. The highest BCUT2D eigenvalue weighted by Gasteiger charge is 2.62. The smallest absolute Gasteiger partial charge is 0.335 e. The molecule has 2 rings (SSSR count). The van der Waals surface area contributed by atoms with Crippen molar-refractivity contribution in [3.8, 4) is 0 Å². The van der Waals surface area contributed by atoms with Gasteiger partial charge in [0.15, 0.2) is 6.10 Å². The number of carboxylic acids is 2. The minimum Gasteiger partial charge on any atom is -0.479 e. The fourth-order valence-corrected chi connectivity index (χ4v) is 3.12. The number of aliphatic hydroxyl groups is 3. The predicted octanol–water partition coefficient (Wildman–Crippen LogP) is -1.28. The van der Waals surface area contributed by atoms with E-state index in [1.807, 2.05) is 0 Å². The first-order valence-electron chi connectivity index (χ1n) is 7.94. The van der Waals surface area contributed by atoms with Gasteiger partial charge in [0.1, 0.15) is 18.3 Å². The zero-order chi connectivity index (χ0) is 20.0. The summed E-state index contributed by atoms with van der Waals surface area (Å²) in [6, 6.07) is 0. The van der Waals surface area contributed by atoms with Crippen molar-refractivity contribution in [2.24, 2.45) is 17.3 Å². The maximum Gasteiger partial charge on any atom is 0.335 e. The van der Waals surface area contributed by atoms with Gasteiger partial charge in [-0.2, -0.15) is 0 Å². The Morgan fingerprint density at radius 1 is 1.04 bits per heavy atom. The molecule has 1 saturated carbocycles. The summed E-state index contributed by atoms with van der Waals surface area (Å²) in [5.41, 5.74) is -0.533. The van der Waals surface area contributed by atoms with Crippen molar-refractivity contribution < 1.29 is 49.4 Å². The van der Waals surface area contributed by atoms with Crippen LogP contribution in [0.4, 0.5) is 0 Å². The second-order valence-electron chi connectivity index (χ2n) is 7.15. The standard InChI is InChI=1S/C16H22O10/c1-5(12(20)21)4-6-7(16(6,2)3)14(24)26-15-10(19)8(17)9(18)11(25-15)13(22)23/h4,6-11,15,17-19H,1-3H3,(H,20,21)(H,22,23)/b5-4-/t6-,7+,8+,9+,10-,11+,15-/m1/s1. The van der Waals surface area contributed by atoms with Crippen LogP contribution in [0.1, 0.15) is 20.8 Å². The molecule has 26 heavy (non-hydrogen) atoms. The fourth-order valence-electron chi connectivity index (χ4n) is 3.12. The molecule has 0 spiro atoms. The lowest BCUT2D eigenvalue weighted by Gasteiger charge is -2.38. The van der Waals surface area contributed by atoms with E-state index in [1.54, 1.807) is 13.8 Å². The molecule has 2 fully saturated rings. The number of aliphatic hydroxyl groups excluding tert-OH is 3. The van der Waals surface area contributed by atoms with Gasteiger partial charge in [0.05, 0.1) is 5.92 Å². The van der Waals surface area contributed by atoms with E-state index in [0.717, 1.165) is 0 Å². The van der Waals surface area contributed by atoms with E-state index >= 15 is 0 Å². The first-order valence-corrected chi connectivity index (χ1v) is 7.94. The van der Waals surface area contributed by atoms with Gasteiger partial charge in [0.25, 0.3) is 0 Å². The van der Waals surface area contributed by atoms with Gasteiger partial charge < -0.3 is 35.0 Å². The lowest BCUT2D eigenvalue weighted by molar-refractivity contribution is -0.287. The van der Waals surface area contributed by atoms with Crippen molar-refractivity contribution in [1.82, 2.24) is 0 Å². The van der Waals surface area contributed by atoms with Crippen LogP contribution in [0.2, 0.25) is 0 Å². The lowest BCUT2D eigenvalue weighted by atomic mass is 9.99. The molecular weight excluding hydrogens is 352 g/mol. The van der Waals surface area contributed by atoms with Gasteiger partial charge in [-0.15, -0.1) is 0 Å². The summed E-state index contributed by atoms with van der Waals surface area (Å²) in [6.07, 6.45) is -7.80. The van der Waals surface area contributed by atoms with Crippen molar-refractivity contribution in [1.29, 1.82) is 0 Å². The molecule has 0 aromatic rings. The van der Waals surface area contributed by atoms with Crippen LogP contribution >= 0.6 is 0 Å². The predicted molar refractivity (Wildman–Crippen MR) is 82.6 cm³/mol. The summed E-state index contributed by atoms with van der Waals surface area (Å²) in [7, 11) is 0. The molecule has 0 aromatic carbocycles. The van der Waals surface area contributed by atoms with E-state index in [9.17, 15) is 29.7 Å². The molecule has 0 bridgehead atoms. The molecule has 2 aliphatic rings. The number of aliphatic carboxylic acids is 2. The van der Waals surface area contributed by atoms with Crippen LogP contribution in [0.3, 0.4) is 0 Å². The third kappa shape index (κ3) is 3.58. The minimum atomic E-state index is -1.89. The molecule has 0 radical (unpaired) electrons. The quantitative estimate of drug-likeness (QED) is 0.288. The van der Waals surface area contributed by atoms with Crippen LogP contribution in [-0.2, 0) is 23.9 Å². The third-order valence-electron chi connectivity index (χ3n) is 4.98. The summed E-state index contributed by atoms with van der Waals surface area (Å²) in [4.78, 5) is 34.4. The summed E-state index contributed by atoms with van der Waals surface area (Å²) >= 11 is 0. The Labute approximate surface area is 148 Å². The summed E-state index contributed by atoms with van der Waals surface area (Å²) in [5, 5.41) is 47.1. The molecule has 1 aliphatic heterocycles. The van der Waals surface area contributed by atoms with Crippen molar-refractivity contribution in [2.75, 3.05) is 0 Å². The second kappa shape index (κ2) is 6.95. The monoisotopic (exact) mass is 374 g/mol. The Kier molecular flexibility index (Phi) is 5.43. The van der Waals surface area contributed by atoms with Crippen LogP contribution in [0.5, 0.6) is 0 Å². The average Bonchev–Trinajstić information content (AvgIpc) is 3.07. The normalized spacial score (nSPS) is 39.2. The molecule has 10 heteroatoms. The van der Waals surface area contributed by atoms with Crippen LogP contribution in [0.15, 0.2) is 11.6 Å². The van der Waals surface area contributed by atoms with Crippen molar-refractivity contribution >= 4 is 17.9 Å². The van der Waals surface area contributed by atoms with E-state index < -0.39 is 65.9 Å². The number of hydrogen-bond donors (Lipinski definition) is 5. The van der Waals surface area contributed by atoms with Crippen LogP contribution in [-0.4, -0.2) is 74.1 Å². The number of esters is 1. The van der Waals surface area contributed by atoms with Gasteiger partial charge in [-0.05, 0) is 18.3 Å². The van der Waals surface area contributed by atoms with Gasteiger partial charge >= 0.3 is 17.9 Å². The highest BCUT2D eigenvalue weighted by Crippen LogP contribution is 2.60. The minimum absolute atomic E-state index is 0.0665. The van der Waals surface area contributed by atoms with E-state index in [1.165, 1.54) is 13.0 Å². The molecule has 0 amide bonds. The topological polar surface area (TPSA) is 171 Å². The Hall–Kier alpha value is -2.01. The number of carbonyl (C=O) groups excluding carboxylic acids is 1. The molecule has 10 nitrogen and oxygen atoms in total. The lowest BCUT2D eigenvalue weighted by Crippen LogP contribution is -2.60. The average molecular weight is 374 g/mol. The van der Waals surface area contributed by atoms with E-state index in [-0.39, 0.29) is 5.57 Å². The molecular formula is C16H22O10. The molecule has 7 atom stereocenters. The number of allylic oxidation sites excluding steroid dienone is 1. The van der Waals surface area contributed by atoms with Crippen molar-refractivity contribution in [3.63, 3.8) is 0 Å². The van der Waals surface area contributed by atoms with Crippen LogP contribution in [0.25, 0.3) is 0 Å². The highest BCUT2D eigenvalue weighted by atomic mass is 16.7. The van der Waals surface area contributed by atoms with E-state index in [4.69, 9.17) is 19.7 Å². The van der Waals surface area contributed by atoms with Gasteiger partial charge in [0, 0.05) is 5.57 Å². The van der Waals surface area contributed by atoms with Crippen LogP contribution in [0, 0.1) is 17.3 Å². The summed E-state index contributed by atoms with van der Waals surface area (Å²) < 4.78 is 9.91. The molecule has 0 aromatic heterocycles. The fraction of sp³-hybridized carbons (Fsp3) is 0.688. The molecule has 146 valence electrons. The van der Waals surface area contributed by atoms with E-state index in [0.29, 0.717) is 0 Å². The van der Waals surface area contributed by atoms with Crippen molar-refractivity contribution in [2.45, 2.75) is 51.5 Å². The Morgan fingerprint density at radius 3 is 2.12 bits per heavy atom. The van der Waals surface area contributed by atoms with Gasteiger partial charge in [-0.3, -0.25) is 4.79 Å². The number of carboxylic acid groups (broad SMARTS) is 2. The molecule has 1 heterocycles. The zero-order valence-electron chi connectivity index (χ0n) is 14.4. The molecule has 5 N–H and O–H groups in total. The molecule has 0 unspecified atom stereocenters. The highest BCUT2D eigenvalue weighted by molar-refractivity contribution is 5.86. The summed E-state index contributed by atoms with van der Waals surface area (Å²) in [6.45, 7) is 4.85. The zero-order valence-corrected chi connectivity index (χ0v) is 14.4. The summed E-state index contributed by atoms with van der Waals surface area (Å²) in [5.74, 6) is -4.68. The SMILES string of the molecule is C/C(=C/[C@@H]1[C@@H](C(=O)O[C@H]2O[C@H](C(=O)O)[C@@H](O)[C@H](O)[C@H]2O)C1(C)C)C(=O)O. The molecule has 1 aliphatic carbocycles. The maximum atomic E-state index is 12.4.